The van der Waals surface area contributed by atoms with Crippen molar-refractivity contribution >= 4 is 11.6 Å². The molecule has 1 N–H and O–H groups in total. The second kappa shape index (κ2) is 7.58. The van der Waals surface area contributed by atoms with Gasteiger partial charge in [0.05, 0.1) is 12.3 Å². The van der Waals surface area contributed by atoms with Gasteiger partial charge in [-0.25, -0.2) is 0 Å². The Morgan fingerprint density at radius 3 is 2.47 bits per heavy atom. The average Bonchev–Trinajstić information content (AvgIpc) is 2.34. The summed E-state index contributed by atoms with van der Waals surface area (Å²) in [6.45, 7) is 5.85. The third-order valence-corrected chi connectivity index (χ3v) is 3.10. The van der Waals surface area contributed by atoms with Gasteiger partial charge in [0.15, 0.2) is 5.15 Å². The second-order valence-electron chi connectivity index (χ2n) is 4.01. The summed E-state index contributed by atoms with van der Waals surface area (Å²) < 4.78 is 0. The minimum atomic E-state index is 0.164. The van der Waals surface area contributed by atoms with Gasteiger partial charge in [0.1, 0.15) is 0 Å². The number of aromatic nitrogens is 2. The van der Waals surface area contributed by atoms with Crippen LogP contribution >= 0.6 is 11.6 Å². The van der Waals surface area contributed by atoms with Gasteiger partial charge in [-0.2, -0.15) is 5.10 Å². The predicted octanol–water partition coefficient (Wildman–Crippen LogP) is 2.11. The summed E-state index contributed by atoms with van der Waals surface area (Å²) in [5.74, 6) is 0. The standard InChI is InChI=1S/C12H20ClN3O/c1-3-11(4-2)16(7-8-17)9-10-5-6-12(13)15-14-10/h5-6,11,17H,3-4,7-9H2,1-2H3. The molecule has 17 heavy (non-hydrogen) atoms. The molecule has 0 spiro atoms. The zero-order valence-corrected chi connectivity index (χ0v) is 11.2. The molecule has 0 atom stereocenters. The van der Waals surface area contributed by atoms with Gasteiger partial charge in [0.2, 0.25) is 0 Å². The molecule has 0 saturated heterocycles. The maximum Gasteiger partial charge on any atom is 0.151 e. The Labute approximate surface area is 108 Å². The lowest BCUT2D eigenvalue weighted by Crippen LogP contribution is -2.36. The van der Waals surface area contributed by atoms with Crippen molar-refractivity contribution in [2.75, 3.05) is 13.2 Å². The molecule has 1 aromatic rings. The number of nitrogens with zero attached hydrogens (tertiary/aromatic N) is 3. The molecule has 0 aromatic carbocycles. The number of hydrogen-bond donors (Lipinski definition) is 1. The van der Waals surface area contributed by atoms with Crippen LogP contribution in [0, 0.1) is 0 Å². The van der Waals surface area contributed by atoms with E-state index in [0.717, 1.165) is 18.5 Å². The first-order chi connectivity index (χ1) is 8.21. The van der Waals surface area contributed by atoms with Crippen molar-refractivity contribution in [1.82, 2.24) is 15.1 Å². The van der Waals surface area contributed by atoms with Crippen molar-refractivity contribution in [3.63, 3.8) is 0 Å². The summed E-state index contributed by atoms with van der Waals surface area (Å²) in [5, 5.41) is 17.4. The Balaban J connectivity index is 2.68. The average molecular weight is 258 g/mol. The van der Waals surface area contributed by atoms with E-state index < -0.39 is 0 Å². The number of aliphatic hydroxyl groups excluding tert-OH is 1. The fraction of sp³-hybridized carbons (Fsp3) is 0.667. The van der Waals surface area contributed by atoms with Crippen LogP contribution in [0.5, 0.6) is 0 Å². The number of halogens is 1. The van der Waals surface area contributed by atoms with Crippen molar-refractivity contribution in [2.45, 2.75) is 39.3 Å². The summed E-state index contributed by atoms with van der Waals surface area (Å²) >= 11 is 5.70. The highest BCUT2D eigenvalue weighted by atomic mass is 35.5. The molecule has 0 aliphatic carbocycles. The van der Waals surface area contributed by atoms with Gasteiger partial charge in [-0.3, -0.25) is 4.90 Å². The third kappa shape index (κ3) is 4.58. The smallest absolute Gasteiger partial charge is 0.151 e. The maximum absolute atomic E-state index is 9.10. The van der Waals surface area contributed by atoms with Crippen LogP contribution in [0.2, 0.25) is 5.15 Å². The van der Waals surface area contributed by atoms with Gasteiger partial charge in [-0.15, -0.1) is 5.10 Å². The summed E-state index contributed by atoms with van der Waals surface area (Å²) in [6, 6.07) is 4.09. The summed E-state index contributed by atoms with van der Waals surface area (Å²) in [6.07, 6.45) is 2.13. The Hall–Kier alpha value is -0.710. The Bertz CT molecular complexity index is 314. The highest BCUT2D eigenvalue weighted by molar-refractivity contribution is 6.29. The minimum absolute atomic E-state index is 0.164. The van der Waals surface area contributed by atoms with Gasteiger partial charge >= 0.3 is 0 Å². The van der Waals surface area contributed by atoms with Gasteiger partial charge in [0.25, 0.3) is 0 Å². The van der Waals surface area contributed by atoms with Crippen molar-refractivity contribution in [3.05, 3.63) is 23.0 Å². The molecule has 0 bridgehead atoms. The van der Waals surface area contributed by atoms with E-state index in [0.29, 0.717) is 24.3 Å². The summed E-state index contributed by atoms with van der Waals surface area (Å²) in [7, 11) is 0. The lowest BCUT2D eigenvalue weighted by atomic mass is 10.1. The van der Waals surface area contributed by atoms with E-state index in [1.807, 2.05) is 6.07 Å². The van der Waals surface area contributed by atoms with E-state index in [1.165, 1.54) is 0 Å². The summed E-state index contributed by atoms with van der Waals surface area (Å²) in [5.41, 5.74) is 0.884. The lowest BCUT2D eigenvalue weighted by Gasteiger charge is -2.29. The first-order valence-electron chi connectivity index (χ1n) is 6.04. The van der Waals surface area contributed by atoms with E-state index in [4.69, 9.17) is 16.7 Å². The minimum Gasteiger partial charge on any atom is -0.395 e. The fourth-order valence-corrected chi connectivity index (χ4v) is 2.06. The molecule has 0 radical (unpaired) electrons. The zero-order valence-electron chi connectivity index (χ0n) is 10.4. The molecular weight excluding hydrogens is 238 g/mol. The van der Waals surface area contributed by atoms with Crippen LogP contribution in [0.3, 0.4) is 0 Å². The predicted molar refractivity (Wildman–Crippen MR) is 68.9 cm³/mol. The first-order valence-corrected chi connectivity index (χ1v) is 6.42. The van der Waals surface area contributed by atoms with E-state index in [1.54, 1.807) is 6.07 Å². The van der Waals surface area contributed by atoms with Gasteiger partial charge in [0, 0.05) is 19.1 Å². The van der Waals surface area contributed by atoms with Gasteiger partial charge in [-0.05, 0) is 25.0 Å². The molecule has 4 nitrogen and oxygen atoms in total. The quantitative estimate of drug-likeness (QED) is 0.813. The number of aliphatic hydroxyl groups is 1. The van der Waals surface area contributed by atoms with Crippen LogP contribution in [0.15, 0.2) is 12.1 Å². The maximum atomic E-state index is 9.10. The van der Waals surface area contributed by atoms with Crippen LogP contribution in [0.4, 0.5) is 0 Å². The molecule has 0 unspecified atom stereocenters. The molecule has 0 aliphatic rings. The zero-order chi connectivity index (χ0) is 12.7. The normalized spacial score (nSPS) is 11.4. The van der Waals surface area contributed by atoms with Gasteiger partial charge < -0.3 is 5.11 Å². The first kappa shape index (κ1) is 14.4. The van der Waals surface area contributed by atoms with E-state index in [9.17, 15) is 0 Å². The molecule has 0 saturated carbocycles. The van der Waals surface area contributed by atoms with Crippen LogP contribution in [0.1, 0.15) is 32.4 Å². The monoisotopic (exact) mass is 257 g/mol. The van der Waals surface area contributed by atoms with E-state index >= 15 is 0 Å². The topological polar surface area (TPSA) is 49.2 Å². The molecule has 96 valence electrons. The molecule has 1 aromatic heterocycles. The highest BCUT2D eigenvalue weighted by Crippen LogP contribution is 2.12. The van der Waals surface area contributed by atoms with E-state index in [2.05, 4.69) is 28.9 Å². The highest BCUT2D eigenvalue weighted by Gasteiger charge is 2.15. The van der Waals surface area contributed by atoms with Crippen LogP contribution < -0.4 is 0 Å². The summed E-state index contributed by atoms with van der Waals surface area (Å²) in [4.78, 5) is 2.23. The Kier molecular flexibility index (Phi) is 6.40. The number of hydrogen-bond acceptors (Lipinski definition) is 4. The third-order valence-electron chi connectivity index (χ3n) is 2.90. The fourth-order valence-electron chi connectivity index (χ4n) is 1.96. The molecule has 0 amide bonds. The largest absolute Gasteiger partial charge is 0.395 e. The number of rotatable bonds is 7. The molecule has 0 aliphatic heterocycles. The van der Waals surface area contributed by atoms with E-state index in [-0.39, 0.29) is 6.61 Å². The molecule has 5 heteroatoms. The van der Waals surface area contributed by atoms with Crippen molar-refractivity contribution in [1.29, 1.82) is 0 Å². The van der Waals surface area contributed by atoms with Crippen LogP contribution in [0.25, 0.3) is 0 Å². The van der Waals surface area contributed by atoms with Crippen molar-refractivity contribution in [2.24, 2.45) is 0 Å². The molecular formula is C12H20ClN3O. The van der Waals surface area contributed by atoms with Crippen LogP contribution in [-0.2, 0) is 6.54 Å². The Morgan fingerprint density at radius 1 is 1.29 bits per heavy atom. The van der Waals surface area contributed by atoms with Crippen LogP contribution in [-0.4, -0.2) is 39.4 Å². The second-order valence-corrected chi connectivity index (χ2v) is 4.40. The van der Waals surface area contributed by atoms with Gasteiger partial charge in [-0.1, -0.05) is 25.4 Å². The van der Waals surface area contributed by atoms with Crippen molar-refractivity contribution < 1.29 is 5.11 Å². The SMILES string of the molecule is CCC(CC)N(CCO)Cc1ccc(Cl)nn1. The molecule has 1 rings (SSSR count). The van der Waals surface area contributed by atoms with Crippen molar-refractivity contribution in [3.8, 4) is 0 Å². The molecule has 0 fully saturated rings. The molecule has 1 heterocycles. The lowest BCUT2D eigenvalue weighted by molar-refractivity contribution is 0.135. The Morgan fingerprint density at radius 2 is 2.00 bits per heavy atom.